The zero-order valence-electron chi connectivity index (χ0n) is 10.9. The molecule has 4 aromatic rings. The van der Waals surface area contributed by atoms with Crippen LogP contribution in [-0.2, 0) is 0 Å². The Bertz CT molecular complexity index is 954. The number of nitrogens with one attached hydrogen (secondary N) is 1. The minimum Gasteiger partial charge on any atom is -0.296 e. The SMILES string of the molecule is O=c1c(-c2ccsc2)cnc2c(-c3cccnc3)c[nH]n12. The van der Waals surface area contributed by atoms with Gasteiger partial charge in [-0.25, -0.2) is 9.50 Å². The van der Waals surface area contributed by atoms with Crippen LogP contribution in [0.1, 0.15) is 0 Å². The standard InChI is InChI=1S/C15H10N4OS/c20-15-13(11-3-5-21-9-11)7-17-14-12(8-18-19(14)15)10-2-1-4-16-6-10/h1-9,18H. The molecule has 0 aliphatic rings. The molecule has 6 heteroatoms. The summed E-state index contributed by atoms with van der Waals surface area (Å²) in [6.45, 7) is 0. The summed E-state index contributed by atoms with van der Waals surface area (Å²) in [5, 5.41) is 6.86. The molecular weight excluding hydrogens is 284 g/mol. The van der Waals surface area contributed by atoms with Gasteiger partial charge in [0, 0.05) is 35.9 Å². The molecule has 4 aromatic heterocycles. The van der Waals surface area contributed by atoms with E-state index in [0.717, 1.165) is 16.7 Å². The van der Waals surface area contributed by atoms with Crippen LogP contribution in [-0.4, -0.2) is 19.6 Å². The highest BCUT2D eigenvalue weighted by Crippen LogP contribution is 2.23. The smallest absolute Gasteiger partial charge is 0.280 e. The predicted octanol–water partition coefficient (Wildman–Crippen LogP) is 2.81. The first-order valence-electron chi connectivity index (χ1n) is 6.37. The summed E-state index contributed by atoms with van der Waals surface area (Å²) in [6, 6.07) is 5.71. The summed E-state index contributed by atoms with van der Waals surface area (Å²) < 4.78 is 1.47. The molecule has 0 fully saturated rings. The van der Waals surface area contributed by atoms with Crippen molar-refractivity contribution in [3.05, 3.63) is 64.1 Å². The van der Waals surface area contributed by atoms with Gasteiger partial charge in [0.15, 0.2) is 5.65 Å². The third-order valence-corrected chi connectivity index (χ3v) is 4.03. The number of pyridine rings is 1. The lowest BCUT2D eigenvalue weighted by atomic mass is 10.1. The van der Waals surface area contributed by atoms with Crippen LogP contribution in [0.4, 0.5) is 0 Å². The van der Waals surface area contributed by atoms with Crippen molar-refractivity contribution in [2.75, 3.05) is 0 Å². The summed E-state index contributed by atoms with van der Waals surface area (Å²) >= 11 is 1.56. The van der Waals surface area contributed by atoms with Crippen LogP contribution in [0.15, 0.2) is 58.5 Å². The summed E-state index contributed by atoms with van der Waals surface area (Å²) in [7, 11) is 0. The number of rotatable bonds is 2. The quantitative estimate of drug-likeness (QED) is 0.618. The van der Waals surface area contributed by atoms with Gasteiger partial charge >= 0.3 is 0 Å². The van der Waals surface area contributed by atoms with Crippen molar-refractivity contribution >= 4 is 17.0 Å². The van der Waals surface area contributed by atoms with Crippen molar-refractivity contribution < 1.29 is 0 Å². The molecule has 4 heterocycles. The number of nitrogens with zero attached hydrogens (tertiary/aromatic N) is 3. The van der Waals surface area contributed by atoms with E-state index in [0.29, 0.717) is 11.2 Å². The average molecular weight is 294 g/mol. The number of hydrogen-bond acceptors (Lipinski definition) is 4. The van der Waals surface area contributed by atoms with Gasteiger partial charge in [-0.05, 0) is 28.5 Å². The lowest BCUT2D eigenvalue weighted by Gasteiger charge is -2.00. The monoisotopic (exact) mass is 294 g/mol. The van der Waals surface area contributed by atoms with Crippen molar-refractivity contribution in [3.63, 3.8) is 0 Å². The molecule has 0 atom stereocenters. The molecule has 4 rings (SSSR count). The molecule has 0 bridgehead atoms. The van der Waals surface area contributed by atoms with Gasteiger partial charge in [0.25, 0.3) is 5.56 Å². The topological polar surface area (TPSA) is 63.0 Å². The molecule has 5 nitrogen and oxygen atoms in total. The number of aromatic amines is 1. The van der Waals surface area contributed by atoms with Crippen LogP contribution in [0.2, 0.25) is 0 Å². The Morgan fingerprint density at radius 3 is 2.86 bits per heavy atom. The van der Waals surface area contributed by atoms with Crippen LogP contribution < -0.4 is 5.56 Å². The number of H-pyrrole nitrogens is 1. The molecule has 0 aliphatic heterocycles. The minimum atomic E-state index is -0.103. The van der Waals surface area contributed by atoms with Crippen molar-refractivity contribution in [1.29, 1.82) is 0 Å². The Kier molecular flexibility index (Phi) is 2.68. The fraction of sp³-hybridized carbons (Fsp3) is 0. The normalized spacial score (nSPS) is 11.0. The second-order valence-corrected chi connectivity index (χ2v) is 5.36. The maximum atomic E-state index is 12.6. The first-order chi connectivity index (χ1) is 10.3. The van der Waals surface area contributed by atoms with Gasteiger partial charge in [-0.2, -0.15) is 11.3 Å². The Labute approximate surface area is 123 Å². The van der Waals surface area contributed by atoms with Crippen LogP contribution in [0, 0.1) is 0 Å². The maximum absolute atomic E-state index is 12.6. The van der Waals surface area contributed by atoms with Gasteiger partial charge in [-0.3, -0.25) is 14.9 Å². The Hall–Kier alpha value is -2.73. The summed E-state index contributed by atoms with van der Waals surface area (Å²) in [6.07, 6.45) is 6.88. The summed E-state index contributed by atoms with van der Waals surface area (Å²) in [5.41, 5.74) is 3.77. The van der Waals surface area contributed by atoms with E-state index in [1.807, 2.05) is 29.0 Å². The zero-order valence-corrected chi connectivity index (χ0v) is 11.7. The van der Waals surface area contributed by atoms with Crippen molar-refractivity contribution in [2.24, 2.45) is 0 Å². The maximum Gasteiger partial charge on any atom is 0.280 e. The van der Waals surface area contributed by atoms with E-state index in [1.54, 1.807) is 36.1 Å². The van der Waals surface area contributed by atoms with Gasteiger partial charge in [0.2, 0.25) is 0 Å². The highest BCUT2D eigenvalue weighted by atomic mass is 32.1. The molecule has 1 N–H and O–H groups in total. The number of hydrogen-bond donors (Lipinski definition) is 1. The van der Waals surface area contributed by atoms with Gasteiger partial charge in [-0.15, -0.1) is 0 Å². The first-order valence-corrected chi connectivity index (χ1v) is 7.31. The summed E-state index contributed by atoms with van der Waals surface area (Å²) in [5.74, 6) is 0. The number of thiophene rings is 1. The van der Waals surface area contributed by atoms with Gasteiger partial charge in [-0.1, -0.05) is 6.07 Å². The summed E-state index contributed by atoms with van der Waals surface area (Å²) in [4.78, 5) is 21.1. The lowest BCUT2D eigenvalue weighted by molar-refractivity contribution is 0.902. The molecule has 0 saturated heterocycles. The van der Waals surface area contributed by atoms with Gasteiger partial charge in [0.05, 0.1) is 5.56 Å². The fourth-order valence-corrected chi connectivity index (χ4v) is 2.96. The molecule has 0 saturated carbocycles. The van der Waals surface area contributed by atoms with E-state index in [-0.39, 0.29) is 5.56 Å². The molecule has 0 aliphatic carbocycles. The van der Waals surface area contributed by atoms with E-state index in [4.69, 9.17) is 0 Å². The molecular formula is C15H10N4OS. The first kappa shape index (κ1) is 12.0. The Morgan fingerprint density at radius 1 is 1.14 bits per heavy atom. The van der Waals surface area contributed by atoms with Crippen LogP contribution in [0.5, 0.6) is 0 Å². The van der Waals surface area contributed by atoms with Crippen LogP contribution >= 0.6 is 11.3 Å². The molecule has 0 amide bonds. The molecule has 0 radical (unpaired) electrons. The van der Waals surface area contributed by atoms with E-state index < -0.39 is 0 Å². The van der Waals surface area contributed by atoms with Gasteiger partial charge < -0.3 is 0 Å². The van der Waals surface area contributed by atoms with Crippen LogP contribution in [0.25, 0.3) is 27.9 Å². The molecule has 21 heavy (non-hydrogen) atoms. The average Bonchev–Trinajstić information content (AvgIpc) is 3.18. The fourth-order valence-electron chi connectivity index (χ4n) is 2.31. The van der Waals surface area contributed by atoms with Crippen molar-refractivity contribution in [1.82, 2.24) is 19.6 Å². The minimum absolute atomic E-state index is 0.103. The lowest BCUT2D eigenvalue weighted by Crippen LogP contribution is -2.16. The third kappa shape index (κ3) is 1.88. The largest absolute Gasteiger partial charge is 0.296 e. The van der Waals surface area contributed by atoms with Crippen molar-refractivity contribution in [3.8, 4) is 22.3 Å². The van der Waals surface area contributed by atoms with E-state index in [2.05, 4.69) is 15.1 Å². The predicted molar refractivity (Wildman–Crippen MR) is 82.4 cm³/mol. The highest BCUT2D eigenvalue weighted by molar-refractivity contribution is 7.08. The van der Waals surface area contributed by atoms with Crippen molar-refractivity contribution in [2.45, 2.75) is 0 Å². The second kappa shape index (κ2) is 4.68. The third-order valence-electron chi connectivity index (χ3n) is 3.34. The van der Waals surface area contributed by atoms with Crippen LogP contribution in [0.3, 0.4) is 0 Å². The van der Waals surface area contributed by atoms with Gasteiger partial charge in [0.1, 0.15) is 0 Å². The molecule has 0 unspecified atom stereocenters. The molecule has 0 aromatic carbocycles. The Balaban J connectivity index is 1.96. The Morgan fingerprint density at radius 2 is 2.10 bits per heavy atom. The van der Waals surface area contributed by atoms with E-state index in [9.17, 15) is 4.79 Å². The number of fused-ring (bicyclic) bond motifs is 1. The second-order valence-electron chi connectivity index (χ2n) is 4.58. The molecule has 102 valence electrons. The highest BCUT2D eigenvalue weighted by Gasteiger charge is 2.12. The zero-order chi connectivity index (χ0) is 14.2. The van der Waals surface area contributed by atoms with E-state index in [1.165, 1.54) is 4.52 Å². The molecule has 0 spiro atoms. The number of aromatic nitrogens is 4. The van der Waals surface area contributed by atoms with E-state index >= 15 is 0 Å².